The van der Waals surface area contributed by atoms with E-state index in [0.29, 0.717) is 36.7 Å². The second-order valence-electron chi connectivity index (χ2n) is 8.06. The summed E-state index contributed by atoms with van der Waals surface area (Å²) in [5.74, 6) is -0.953. The first kappa shape index (κ1) is 24.8. The first-order valence-corrected chi connectivity index (χ1v) is 12.3. The lowest BCUT2D eigenvalue weighted by molar-refractivity contribution is 0.0956. The van der Waals surface area contributed by atoms with Crippen molar-refractivity contribution >= 4 is 45.0 Å². The molecule has 1 atom stereocenters. The van der Waals surface area contributed by atoms with Crippen molar-refractivity contribution in [2.24, 2.45) is 10.3 Å². The summed E-state index contributed by atoms with van der Waals surface area (Å²) in [7, 11) is -0.476. The molecule has 1 aliphatic heterocycles. The molecule has 0 bridgehead atoms. The fourth-order valence-electron chi connectivity index (χ4n) is 3.48. The lowest BCUT2D eigenvalue weighted by atomic mass is 9.98. The summed E-state index contributed by atoms with van der Waals surface area (Å²) in [4.78, 5) is 19.3. The minimum absolute atomic E-state index is 0.0179. The van der Waals surface area contributed by atoms with Crippen molar-refractivity contribution in [1.82, 2.24) is 9.80 Å². The zero-order valence-electron chi connectivity index (χ0n) is 18.8. The number of benzene rings is 2. The minimum Gasteiger partial charge on any atom is -0.368 e. The van der Waals surface area contributed by atoms with Crippen molar-refractivity contribution in [2.75, 3.05) is 45.2 Å². The standard InChI is InChI=1S/C23H27FN4O3S2/c1-17(22(29)18-4-10-21(11-5-18)33(30,31)25-16-26(2)3)23(32)28-14-12-27(13-15-28)20-8-6-19(24)7-9-20/h4-11,16-17H,12-15H2,1-3H3. The van der Waals surface area contributed by atoms with Crippen LogP contribution < -0.4 is 4.90 Å². The van der Waals surface area contributed by atoms with E-state index in [0.717, 1.165) is 5.69 Å². The number of piperazine rings is 1. The normalized spacial score (nSPS) is 15.5. The Morgan fingerprint density at radius 2 is 1.64 bits per heavy atom. The highest BCUT2D eigenvalue weighted by Gasteiger charge is 2.27. The van der Waals surface area contributed by atoms with Crippen molar-refractivity contribution in [1.29, 1.82) is 0 Å². The molecule has 176 valence electrons. The second-order valence-corrected chi connectivity index (χ2v) is 10.1. The monoisotopic (exact) mass is 490 g/mol. The van der Waals surface area contributed by atoms with Crippen LogP contribution in [0.2, 0.25) is 0 Å². The number of carbonyl (C=O) groups is 1. The van der Waals surface area contributed by atoms with Gasteiger partial charge in [0.15, 0.2) is 5.78 Å². The highest BCUT2D eigenvalue weighted by molar-refractivity contribution is 7.90. The van der Waals surface area contributed by atoms with E-state index >= 15 is 0 Å². The Morgan fingerprint density at radius 3 is 2.18 bits per heavy atom. The van der Waals surface area contributed by atoms with E-state index < -0.39 is 15.9 Å². The van der Waals surface area contributed by atoms with Gasteiger partial charge in [0.05, 0.1) is 15.8 Å². The molecular formula is C23H27FN4O3S2. The fourth-order valence-corrected chi connectivity index (χ4v) is 4.69. The molecule has 0 saturated carbocycles. The number of thiocarbonyl (C=S) groups is 1. The number of rotatable bonds is 7. The maximum Gasteiger partial charge on any atom is 0.283 e. The molecular weight excluding hydrogens is 463 g/mol. The summed E-state index contributed by atoms with van der Waals surface area (Å²) in [6.45, 7) is 4.52. The van der Waals surface area contributed by atoms with Crippen LogP contribution in [0.4, 0.5) is 10.1 Å². The van der Waals surface area contributed by atoms with Crippen LogP contribution in [0.15, 0.2) is 57.8 Å². The van der Waals surface area contributed by atoms with Gasteiger partial charge in [-0.1, -0.05) is 24.4 Å². The van der Waals surface area contributed by atoms with Crippen LogP contribution in [0, 0.1) is 11.7 Å². The van der Waals surface area contributed by atoms with Crippen LogP contribution in [0.3, 0.4) is 0 Å². The summed E-state index contributed by atoms with van der Waals surface area (Å²) in [5, 5.41) is 0. The Bertz CT molecular complexity index is 1130. The van der Waals surface area contributed by atoms with Gasteiger partial charge in [0.1, 0.15) is 12.2 Å². The molecule has 1 aliphatic rings. The molecule has 0 aliphatic carbocycles. The Balaban J connectivity index is 1.61. The lowest BCUT2D eigenvalue weighted by Crippen LogP contribution is -2.50. The number of hydrogen-bond donors (Lipinski definition) is 0. The van der Waals surface area contributed by atoms with Crippen molar-refractivity contribution in [3.8, 4) is 0 Å². The van der Waals surface area contributed by atoms with Crippen molar-refractivity contribution < 1.29 is 17.6 Å². The number of ketones is 1. The SMILES string of the molecule is CC(C(=O)c1ccc(S(=O)(=O)N=CN(C)C)cc1)C(=S)N1CCN(c2ccc(F)cc2)CC1. The van der Waals surface area contributed by atoms with E-state index in [9.17, 15) is 17.6 Å². The zero-order valence-corrected chi connectivity index (χ0v) is 20.4. The summed E-state index contributed by atoms with van der Waals surface area (Å²) < 4.78 is 41.3. The minimum atomic E-state index is -3.83. The highest BCUT2D eigenvalue weighted by Crippen LogP contribution is 2.21. The van der Waals surface area contributed by atoms with Gasteiger partial charge in [-0.25, -0.2) is 4.39 Å². The Kier molecular flexibility index (Phi) is 7.80. The third-order valence-corrected chi connectivity index (χ3v) is 7.25. The third-order valence-electron chi connectivity index (χ3n) is 5.40. The Labute approximate surface area is 199 Å². The summed E-state index contributed by atoms with van der Waals surface area (Å²) in [6, 6.07) is 12.1. The van der Waals surface area contributed by atoms with E-state index in [2.05, 4.69) is 9.30 Å². The molecule has 0 spiro atoms. The molecule has 0 radical (unpaired) electrons. The quantitative estimate of drug-likeness (QED) is 0.256. The molecule has 7 nitrogen and oxygen atoms in total. The van der Waals surface area contributed by atoms with Gasteiger partial charge in [-0.2, -0.15) is 8.42 Å². The van der Waals surface area contributed by atoms with Gasteiger partial charge < -0.3 is 14.7 Å². The summed E-state index contributed by atoms with van der Waals surface area (Å²) >= 11 is 5.61. The Hall–Kier alpha value is -2.85. The summed E-state index contributed by atoms with van der Waals surface area (Å²) in [5.41, 5.74) is 1.35. The number of Topliss-reactive ketones (excluding diaryl/α,β-unsaturated/α-hetero) is 1. The number of sulfonamides is 1. The van der Waals surface area contributed by atoms with Crippen LogP contribution in [0.1, 0.15) is 17.3 Å². The van der Waals surface area contributed by atoms with Crippen LogP contribution in [0.25, 0.3) is 0 Å². The number of nitrogens with zero attached hydrogens (tertiary/aromatic N) is 4. The van der Waals surface area contributed by atoms with Gasteiger partial charge >= 0.3 is 0 Å². The molecule has 1 heterocycles. The predicted octanol–water partition coefficient (Wildman–Crippen LogP) is 3.07. The molecule has 1 fully saturated rings. The maximum atomic E-state index is 13.2. The molecule has 10 heteroatoms. The molecule has 0 N–H and O–H groups in total. The fraction of sp³-hybridized carbons (Fsp3) is 0.348. The molecule has 1 saturated heterocycles. The van der Waals surface area contributed by atoms with Crippen LogP contribution in [-0.2, 0) is 10.0 Å². The average Bonchev–Trinajstić information content (AvgIpc) is 2.82. The molecule has 3 rings (SSSR count). The first-order valence-electron chi connectivity index (χ1n) is 10.5. The average molecular weight is 491 g/mol. The molecule has 2 aromatic rings. The lowest BCUT2D eigenvalue weighted by Gasteiger charge is -2.38. The van der Waals surface area contributed by atoms with E-state index in [4.69, 9.17) is 12.2 Å². The first-order chi connectivity index (χ1) is 15.6. The molecule has 1 unspecified atom stereocenters. The van der Waals surface area contributed by atoms with Crippen LogP contribution in [-0.4, -0.2) is 75.6 Å². The highest BCUT2D eigenvalue weighted by atomic mass is 32.2. The number of halogens is 1. The third kappa shape index (κ3) is 6.14. The second kappa shape index (κ2) is 10.4. The van der Waals surface area contributed by atoms with Crippen molar-refractivity contribution in [3.63, 3.8) is 0 Å². The Morgan fingerprint density at radius 1 is 1.06 bits per heavy atom. The molecule has 0 amide bonds. The number of hydrogen-bond acceptors (Lipinski definition) is 5. The van der Waals surface area contributed by atoms with Gasteiger partial charge in [0.2, 0.25) is 0 Å². The van der Waals surface area contributed by atoms with Crippen LogP contribution in [0.5, 0.6) is 0 Å². The maximum absolute atomic E-state index is 13.2. The van der Waals surface area contributed by atoms with Gasteiger partial charge in [0, 0.05) is 51.5 Å². The summed E-state index contributed by atoms with van der Waals surface area (Å²) in [6.07, 6.45) is 1.21. The molecule has 33 heavy (non-hydrogen) atoms. The van der Waals surface area contributed by atoms with E-state index in [1.807, 2.05) is 4.90 Å². The smallest absolute Gasteiger partial charge is 0.283 e. The van der Waals surface area contributed by atoms with E-state index in [1.165, 1.54) is 47.6 Å². The van der Waals surface area contributed by atoms with Crippen molar-refractivity contribution in [3.05, 3.63) is 59.9 Å². The van der Waals surface area contributed by atoms with Gasteiger partial charge in [-0.15, -0.1) is 4.40 Å². The molecule has 2 aromatic carbocycles. The largest absolute Gasteiger partial charge is 0.368 e. The van der Waals surface area contributed by atoms with Crippen molar-refractivity contribution in [2.45, 2.75) is 11.8 Å². The van der Waals surface area contributed by atoms with Gasteiger partial charge in [-0.05, 0) is 43.3 Å². The topological polar surface area (TPSA) is 73.3 Å². The van der Waals surface area contributed by atoms with Gasteiger partial charge in [-0.3, -0.25) is 4.79 Å². The molecule has 0 aromatic heterocycles. The van der Waals surface area contributed by atoms with E-state index in [1.54, 1.807) is 33.2 Å². The predicted molar refractivity (Wildman–Crippen MR) is 132 cm³/mol. The number of carbonyl (C=O) groups excluding carboxylic acids is 1. The van der Waals surface area contributed by atoms with Crippen LogP contribution >= 0.6 is 12.2 Å². The zero-order chi connectivity index (χ0) is 24.2. The number of anilines is 1. The van der Waals surface area contributed by atoms with Gasteiger partial charge in [0.25, 0.3) is 10.0 Å². The van der Waals surface area contributed by atoms with E-state index in [-0.39, 0.29) is 16.5 Å².